The van der Waals surface area contributed by atoms with Crippen molar-refractivity contribution in [3.8, 4) is 11.5 Å². The molecule has 2 rings (SSSR count). The van der Waals surface area contributed by atoms with Crippen LogP contribution in [-0.2, 0) is 4.79 Å². The zero-order valence-corrected chi connectivity index (χ0v) is 13.1. The molecule has 0 spiro atoms. The van der Waals surface area contributed by atoms with E-state index in [-0.39, 0.29) is 12.5 Å². The second kappa shape index (κ2) is 7.50. The first kappa shape index (κ1) is 15.9. The fourth-order valence-electron chi connectivity index (χ4n) is 2.01. The lowest BCUT2D eigenvalue weighted by molar-refractivity contribution is -0.118. The molecule has 1 N–H and O–H groups in total. The zero-order valence-electron chi connectivity index (χ0n) is 13.1. The smallest absolute Gasteiger partial charge is 0.262 e. The Hall–Kier alpha value is -2.49. The third kappa shape index (κ3) is 4.52. The van der Waals surface area contributed by atoms with Crippen LogP contribution in [0.2, 0.25) is 0 Å². The van der Waals surface area contributed by atoms with Gasteiger partial charge >= 0.3 is 0 Å². The van der Waals surface area contributed by atoms with Crippen LogP contribution in [-0.4, -0.2) is 19.6 Å². The van der Waals surface area contributed by atoms with Crippen molar-refractivity contribution in [1.29, 1.82) is 0 Å². The second-order valence-corrected chi connectivity index (χ2v) is 5.30. The highest BCUT2D eigenvalue weighted by molar-refractivity contribution is 5.92. The number of ether oxygens (including phenoxy) is 2. The molecule has 1 amide bonds. The normalized spacial score (nSPS) is 10.4. The highest BCUT2D eigenvalue weighted by Gasteiger charge is 2.06. The van der Waals surface area contributed by atoms with Gasteiger partial charge in [-0.25, -0.2) is 0 Å². The molecule has 22 heavy (non-hydrogen) atoms. The Morgan fingerprint density at radius 1 is 1.09 bits per heavy atom. The summed E-state index contributed by atoms with van der Waals surface area (Å²) in [4.78, 5) is 11.9. The molecule has 2 aromatic carbocycles. The minimum Gasteiger partial charge on any atom is -0.497 e. The van der Waals surface area contributed by atoms with Gasteiger partial charge in [-0.1, -0.05) is 32.0 Å². The van der Waals surface area contributed by atoms with Gasteiger partial charge in [0.05, 0.1) is 7.11 Å². The maximum atomic E-state index is 11.9. The summed E-state index contributed by atoms with van der Waals surface area (Å²) in [6.07, 6.45) is 0. The van der Waals surface area contributed by atoms with E-state index in [1.807, 2.05) is 36.4 Å². The third-order valence-corrected chi connectivity index (χ3v) is 3.25. The van der Waals surface area contributed by atoms with Crippen molar-refractivity contribution in [3.05, 3.63) is 54.1 Å². The Kier molecular flexibility index (Phi) is 5.42. The van der Waals surface area contributed by atoms with Crippen LogP contribution < -0.4 is 14.8 Å². The molecule has 0 saturated heterocycles. The number of nitrogens with one attached hydrogen (secondary N) is 1. The molecule has 0 saturated carbocycles. The van der Waals surface area contributed by atoms with Gasteiger partial charge in [0, 0.05) is 11.8 Å². The number of anilines is 1. The lowest BCUT2D eigenvalue weighted by Gasteiger charge is -2.10. The van der Waals surface area contributed by atoms with E-state index < -0.39 is 0 Å². The molecule has 0 fully saturated rings. The quantitative estimate of drug-likeness (QED) is 0.881. The van der Waals surface area contributed by atoms with Crippen LogP contribution >= 0.6 is 0 Å². The molecule has 0 aromatic heterocycles. The van der Waals surface area contributed by atoms with Crippen molar-refractivity contribution in [1.82, 2.24) is 0 Å². The highest BCUT2D eigenvalue weighted by Crippen LogP contribution is 2.20. The average Bonchev–Trinajstić information content (AvgIpc) is 2.53. The summed E-state index contributed by atoms with van der Waals surface area (Å²) >= 11 is 0. The molecule has 0 heterocycles. The predicted molar refractivity (Wildman–Crippen MR) is 87.6 cm³/mol. The van der Waals surface area contributed by atoms with Crippen molar-refractivity contribution in [2.75, 3.05) is 19.0 Å². The SMILES string of the molecule is COc1cccc(NC(=O)COc2cccc(C(C)C)c2)c1. The molecule has 0 unspecified atom stereocenters. The number of hydrogen-bond acceptors (Lipinski definition) is 3. The summed E-state index contributed by atoms with van der Waals surface area (Å²) in [6.45, 7) is 4.21. The minimum atomic E-state index is -0.205. The maximum Gasteiger partial charge on any atom is 0.262 e. The number of carbonyl (C=O) groups excluding carboxylic acids is 1. The van der Waals surface area contributed by atoms with Gasteiger partial charge in [-0.2, -0.15) is 0 Å². The van der Waals surface area contributed by atoms with Gasteiger partial charge in [0.25, 0.3) is 5.91 Å². The highest BCUT2D eigenvalue weighted by atomic mass is 16.5. The molecule has 0 aliphatic rings. The van der Waals surface area contributed by atoms with E-state index in [0.29, 0.717) is 23.1 Å². The number of carbonyl (C=O) groups is 1. The standard InChI is InChI=1S/C18H21NO3/c1-13(2)14-6-4-9-17(10-14)22-12-18(20)19-15-7-5-8-16(11-15)21-3/h4-11,13H,12H2,1-3H3,(H,19,20). The zero-order chi connectivity index (χ0) is 15.9. The van der Waals surface area contributed by atoms with Crippen LogP contribution in [0.5, 0.6) is 11.5 Å². The fraction of sp³-hybridized carbons (Fsp3) is 0.278. The number of benzene rings is 2. The van der Waals surface area contributed by atoms with Crippen LogP contribution in [0.3, 0.4) is 0 Å². The number of rotatable bonds is 6. The molecule has 4 nitrogen and oxygen atoms in total. The Labute approximate surface area is 131 Å². The lowest BCUT2D eigenvalue weighted by Crippen LogP contribution is -2.20. The van der Waals surface area contributed by atoms with Gasteiger partial charge in [0.15, 0.2) is 6.61 Å². The maximum absolute atomic E-state index is 11.9. The van der Waals surface area contributed by atoms with E-state index in [9.17, 15) is 4.79 Å². The van der Waals surface area contributed by atoms with E-state index >= 15 is 0 Å². The van der Waals surface area contributed by atoms with Crippen molar-refractivity contribution in [2.24, 2.45) is 0 Å². The van der Waals surface area contributed by atoms with E-state index in [4.69, 9.17) is 9.47 Å². The molecule has 0 radical (unpaired) electrons. The van der Waals surface area contributed by atoms with Crippen LogP contribution in [0.4, 0.5) is 5.69 Å². The van der Waals surface area contributed by atoms with E-state index in [2.05, 4.69) is 19.2 Å². The summed E-state index contributed by atoms with van der Waals surface area (Å²) in [7, 11) is 1.59. The first-order valence-electron chi connectivity index (χ1n) is 7.25. The van der Waals surface area contributed by atoms with E-state index in [0.717, 1.165) is 0 Å². The predicted octanol–water partition coefficient (Wildman–Crippen LogP) is 3.84. The molecule has 4 heteroatoms. The van der Waals surface area contributed by atoms with Crippen LogP contribution in [0, 0.1) is 0 Å². The topological polar surface area (TPSA) is 47.6 Å². The van der Waals surface area contributed by atoms with Crippen LogP contribution in [0.25, 0.3) is 0 Å². The fourth-order valence-corrected chi connectivity index (χ4v) is 2.01. The first-order chi connectivity index (χ1) is 10.6. The first-order valence-corrected chi connectivity index (χ1v) is 7.25. The summed E-state index contributed by atoms with van der Waals surface area (Å²) < 4.78 is 10.7. The molecule has 0 bridgehead atoms. The molecule has 2 aromatic rings. The van der Waals surface area contributed by atoms with Gasteiger partial charge in [0.2, 0.25) is 0 Å². The Morgan fingerprint density at radius 2 is 1.82 bits per heavy atom. The molecule has 116 valence electrons. The second-order valence-electron chi connectivity index (χ2n) is 5.30. The van der Waals surface area contributed by atoms with Crippen LogP contribution in [0.15, 0.2) is 48.5 Å². The minimum absolute atomic E-state index is 0.0290. The summed E-state index contributed by atoms with van der Waals surface area (Å²) in [5, 5.41) is 2.78. The van der Waals surface area contributed by atoms with Gasteiger partial charge in [-0.3, -0.25) is 4.79 Å². The monoisotopic (exact) mass is 299 g/mol. The lowest BCUT2D eigenvalue weighted by atomic mass is 10.0. The Morgan fingerprint density at radius 3 is 2.55 bits per heavy atom. The third-order valence-electron chi connectivity index (χ3n) is 3.25. The van der Waals surface area contributed by atoms with Gasteiger partial charge in [-0.05, 0) is 35.7 Å². The number of hydrogen-bond donors (Lipinski definition) is 1. The van der Waals surface area contributed by atoms with Gasteiger partial charge in [-0.15, -0.1) is 0 Å². The van der Waals surface area contributed by atoms with Gasteiger partial charge < -0.3 is 14.8 Å². The van der Waals surface area contributed by atoms with Crippen molar-refractivity contribution in [2.45, 2.75) is 19.8 Å². The Balaban J connectivity index is 1.91. The van der Waals surface area contributed by atoms with E-state index in [1.54, 1.807) is 19.2 Å². The summed E-state index contributed by atoms with van der Waals surface area (Å²) in [5.74, 6) is 1.62. The number of amides is 1. The largest absolute Gasteiger partial charge is 0.497 e. The number of methoxy groups -OCH3 is 1. The van der Waals surface area contributed by atoms with Gasteiger partial charge in [0.1, 0.15) is 11.5 Å². The van der Waals surface area contributed by atoms with Crippen molar-refractivity contribution >= 4 is 11.6 Å². The van der Waals surface area contributed by atoms with Crippen molar-refractivity contribution in [3.63, 3.8) is 0 Å². The average molecular weight is 299 g/mol. The molecule has 0 atom stereocenters. The molecular weight excluding hydrogens is 278 g/mol. The molecular formula is C18H21NO3. The Bertz CT molecular complexity index is 638. The van der Waals surface area contributed by atoms with E-state index in [1.165, 1.54) is 5.56 Å². The molecule has 0 aliphatic heterocycles. The van der Waals surface area contributed by atoms with Crippen molar-refractivity contribution < 1.29 is 14.3 Å². The summed E-state index contributed by atoms with van der Waals surface area (Å²) in [5.41, 5.74) is 1.87. The molecule has 0 aliphatic carbocycles. The summed E-state index contributed by atoms with van der Waals surface area (Å²) in [6, 6.07) is 15.0. The van der Waals surface area contributed by atoms with Crippen LogP contribution in [0.1, 0.15) is 25.3 Å².